The van der Waals surface area contributed by atoms with Gasteiger partial charge in [-0.15, -0.1) is 0 Å². The average molecular weight is 355 g/mol. The normalized spacial score (nSPS) is 16.6. The molecule has 1 atom stereocenters. The third kappa shape index (κ3) is 4.21. The van der Waals surface area contributed by atoms with Crippen LogP contribution in [0.3, 0.4) is 0 Å². The highest BCUT2D eigenvalue weighted by Gasteiger charge is 2.27. The second-order valence-electron chi connectivity index (χ2n) is 5.84. The van der Waals surface area contributed by atoms with E-state index in [0.717, 1.165) is 24.0 Å². The molecule has 0 spiro atoms. The maximum Gasteiger partial charge on any atom is 0.0447 e. The third-order valence-electron chi connectivity index (χ3n) is 4.35. The molecule has 1 saturated carbocycles. The second-order valence-corrected chi connectivity index (χ2v) is 6.75. The Kier molecular flexibility index (Phi) is 6.52. The highest BCUT2D eigenvalue weighted by molar-refractivity contribution is 9.10. The zero-order chi connectivity index (χ0) is 15.2. The van der Waals surface area contributed by atoms with Gasteiger partial charge in [0.1, 0.15) is 0 Å². The SMILES string of the molecule is CCNC(C)c1ccc(Br)cc1N(CCCO)C1CCC1. The van der Waals surface area contributed by atoms with Crippen LogP contribution in [0.1, 0.15) is 51.1 Å². The first-order valence-corrected chi connectivity index (χ1v) is 8.87. The van der Waals surface area contributed by atoms with E-state index in [-0.39, 0.29) is 6.61 Å². The van der Waals surface area contributed by atoms with Gasteiger partial charge in [0.15, 0.2) is 0 Å². The zero-order valence-electron chi connectivity index (χ0n) is 13.1. The van der Waals surface area contributed by atoms with Crippen molar-refractivity contribution < 1.29 is 5.11 Å². The van der Waals surface area contributed by atoms with Gasteiger partial charge in [-0.3, -0.25) is 0 Å². The standard InChI is InChI=1S/C17H27BrN2O/c1-3-19-13(2)16-9-8-14(18)12-17(16)20(10-5-11-21)15-6-4-7-15/h8-9,12-13,15,19,21H,3-7,10-11H2,1-2H3. The Bertz CT molecular complexity index is 448. The molecular formula is C17H27BrN2O. The number of nitrogens with one attached hydrogen (secondary N) is 1. The number of hydrogen-bond donors (Lipinski definition) is 2. The van der Waals surface area contributed by atoms with E-state index in [0.29, 0.717) is 12.1 Å². The summed E-state index contributed by atoms with van der Waals surface area (Å²) in [5, 5.41) is 12.7. The van der Waals surface area contributed by atoms with Crippen molar-refractivity contribution in [2.75, 3.05) is 24.6 Å². The fraction of sp³-hybridized carbons (Fsp3) is 0.647. The average Bonchev–Trinajstić information content (AvgIpc) is 2.41. The highest BCUT2D eigenvalue weighted by atomic mass is 79.9. The second kappa shape index (κ2) is 8.16. The molecule has 4 heteroatoms. The maximum absolute atomic E-state index is 9.20. The summed E-state index contributed by atoms with van der Waals surface area (Å²) in [5.41, 5.74) is 2.67. The summed E-state index contributed by atoms with van der Waals surface area (Å²) in [6.45, 7) is 6.53. The largest absolute Gasteiger partial charge is 0.396 e. The molecule has 0 aliphatic heterocycles. The van der Waals surface area contributed by atoms with Crippen molar-refractivity contribution in [1.82, 2.24) is 5.32 Å². The summed E-state index contributed by atoms with van der Waals surface area (Å²) in [6.07, 6.45) is 4.70. The molecule has 3 nitrogen and oxygen atoms in total. The first-order valence-electron chi connectivity index (χ1n) is 8.07. The van der Waals surface area contributed by atoms with Crippen molar-refractivity contribution >= 4 is 21.6 Å². The lowest BCUT2D eigenvalue weighted by Crippen LogP contribution is -2.42. The van der Waals surface area contributed by atoms with Crippen molar-refractivity contribution in [3.8, 4) is 0 Å². The minimum absolute atomic E-state index is 0.259. The number of aliphatic hydroxyl groups excluding tert-OH is 1. The van der Waals surface area contributed by atoms with Gasteiger partial charge in [0.2, 0.25) is 0 Å². The van der Waals surface area contributed by atoms with Crippen molar-refractivity contribution in [3.63, 3.8) is 0 Å². The molecule has 1 aromatic rings. The number of aliphatic hydroxyl groups is 1. The number of hydrogen-bond acceptors (Lipinski definition) is 3. The van der Waals surface area contributed by atoms with Crippen LogP contribution in [0.15, 0.2) is 22.7 Å². The van der Waals surface area contributed by atoms with E-state index in [9.17, 15) is 5.11 Å². The molecule has 1 aromatic carbocycles. The Balaban J connectivity index is 2.29. The molecule has 1 fully saturated rings. The van der Waals surface area contributed by atoms with Crippen molar-refractivity contribution in [1.29, 1.82) is 0 Å². The molecule has 0 bridgehead atoms. The molecular weight excluding hydrogens is 328 g/mol. The quantitative estimate of drug-likeness (QED) is 0.743. The molecule has 0 radical (unpaired) electrons. The number of anilines is 1. The Morgan fingerprint density at radius 2 is 2.19 bits per heavy atom. The number of halogens is 1. The lowest BCUT2D eigenvalue weighted by Gasteiger charge is -2.41. The predicted molar refractivity (Wildman–Crippen MR) is 92.9 cm³/mol. The first kappa shape index (κ1) is 16.8. The third-order valence-corrected chi connectivity index (χ3v) is 4.84. The Hall–Kier alpha value is -0.580. The summed E-state index contributed by atoms with van der Waals surface area (Å²) in [7, 11) is 0. The van der Waals surface area contributed by atoms with E-state index in [1.165, 1.54) is 30.5 Å². The van der Waals surface area contributed by atoms with E-state index >= 15 is 0 Å². The van der Waals surface area contributed by atoms with E-state index in [1.54, 1.807) is 0 Å². The molecule has 0 heterocycles. The molecule has 0 amide bonds. The fourth-order valence-corrected chi connectivity index (χ4v) is 3.34. The number of rotatable bonds is 8. The fourth-order valence-electron chi connectivity index (χ4n) is 2.99. The highest BCUT2D eigenvalue weighted by Crippen LogP contribution is 2.35. The van der Waals surface area contributed by atoms with E-state index in [4.69, 9.17) is 0 Å². The van der Waals surface area contributed by atoms with Gasteiger partial charge in [0, 0.05) is 35.4 Å². The minimum Gasteiger partial charge on any atom is -0.396 e. The van der Waals surface area contributed by atoms with Gasteiger partial charge in [0.05, 0.1) is 0 Å². The van der Waals surface area contributed by atoms with Gasteiger partial charge in [0.25, 0.3) is 0 Å². The van der Waals surface area contributed by atoms with Crippen LogP contribution in [0.4, 0.5) is 5.69 Å². The Morgan fingerprint density at radius 1 is 1.43 bits per heavy atom. The molecule has 1 aliphatic carbocycles. The zero-order valence-corrected chi connectivity index (χ0v) is 14.7. The van der Waals surface area contributed by atoms with Gasteiger partial charge >= 0.3 is 0 Å². The van der Waals surface area contributed by atoms with E-state index < -0.39 is 0 Å². The van der Waals surface area contributed by atoms with Crippen LogP contribution >= 0.6 is 15.9 Å². The summed E-state index contributed by atoms with van der Waals surface area (Å²) in [5.74, 6) is 0. The van der Waals surface area contributed by atoms with Crippen LogP contribution in [-0.4, -0.2) is 30.8 Å². The van der Waals surface area contributed by atoms with Crippen molar-refractivity contribution in [3.05, 3.63) is 28.2 Å². The molecule has 0 aromatic heterocycles. The lowest BCUT2D eigenvalue weighted by molar-refractivity contribution is 0.283. The van der Waals surface area contributed by atoms with Crippen LogP contribution in [-0.2, 0) is 0 Å². The van der Waals surface area contributed by atoms with Gasteiger partial charge in [-0.1, -0.05) is 28.9 Å². The van der Waals surface area contributed by atoms with Gasteiger partial charge in [-0.25, -0.2) is 0 Å². The summed E-state index contributed by atoms with van der Waals surface area (Å²) >= 11 is 3.61. The van der Waals surface area contributed by atoms with Gasteiger partial charge in [-0.2, -0.15) is 0 Å². The molecule has 2 rings (SSSR count). The van der Waals surface area contributed by atoms with Crippen LogP contribution in [0.5, 0.6) is 0 Å². The molecule has 21 heavy (non-hydrogen) atoms. The molecule has 118 valence electrons. The molecule has 1 aliphatic rings. The molecule has 2 N–H and O–H groups in total. The van der Waals surface area contributed by atoms with E-state index in [2.05, 4.69) is 58.2 Å². The minimum atomic E-state index is 0.259. The van der Waals surface area contributed by atoms with E-state index in [1.807, 2.05) is 0 Å². The maximum atomic E-state index is 9.20. The van der Waals surface area contributed by atoms with Crippen molar-refractivity contribution in [2.45, 2.75) is 51.6 Å². The van der Waals surface area contributed by atoms with Crippen LogP contribution in [0, 0.1) is 0 Å². The summed E-state index contributed by atoms with van der Waals surface area (Å²) in [6, 6.07) is 7.56. The first-order chi connectivity index (χ1) is 10.2. The van der Waals surface area contributed by atoms with Gasteiger partial charge < -0.3 is 15.3 Å². The van der Waals surface area contributed by atoms with Crippen LogP contribution < -0.4 is 10.2 Å². The topological polar surface area (TPSA) is 35.5 Å². The number of nitrogens with zero attached hydrogens (tertiary/aromatic N) is 1. The monoisotopic (exact) mass is 354 g/mol. The smallest absolute Gasteiger partial charge is 0.0447 e. The van der Waals surface area contributed by atoms with Crippen molar-refractivity contribution in [2.24, 2.45) is 0 Å². The van der Waals surface area contributed by atoms with Crippen LogP contribution in [0.25, 0.3) is 0 Å². The molecule has 1 unspecified atom stereocenters. The van der Waals surface area contributed by atoms with Crippen LogP contribution in [0.2, 0.25) is 0 Å². The lowest BCUT2D eigenvalue weighted by atomic mass is 9.90. The summed E-state index contributed by atoms with van der Waals surface area (Å²) in [4.78, 5) is 2.51. The Labute approximate surface area is 136 Å². The number of benzene rings is 1. The molecule has 0 saturated heterocycles. The summed E-state index contributed by atoms with van der Waals surface area (Å²) < 4.78 is 1.12. The predicted octanol–water partition coefficient (Wildman–Crippen LogP) is 3.86. The Morgan fingerprint density at radius 3 is 2.76 bits per heavy atom. The van der Waals surface area contributed by atoms with Gasteiger partial charge in [-0.05, 0) is 56.8 Å².